The number of benzene rings is 1. The van der Waals surface area contributed by atoms with Crippen LogP contribution in [-0.2, 0) is 14.8 Å². The van der Waals surface area contributed by atoms with Gasteiger partial charge in [0.05, 0.1) is 0 Å². The third kappa shape index (κ3) is 4.57. The topological polar surface area (TPSA) is 75.3 Å². The van der Waals surface area contributed by atoms with E-state index < -0.39 is 22.0 Å². The van der Waals surface area contributed by atoms with Gasteiger partial charge in [0.15, 0.2) is 0 Å². The molecule has 0 spiro atoms. The zero-order chi connectivity index (χ0) is 17.9. The van der Waals surface area contributed by atoms with Gasteiger partial charge < -0.3 is 5.32 Å². The molecule has 1 atom stereocenters. The molecule has 1 amide bonds. The highest BCUT2D eigenvalue weighted by Crippen LogP contribution is 2.21. The zero-order valence-electron chi connectivity index (χ0n) is 13.5. The fraction of sp³-hybridized carbons (Fsp3) is 0.312. The number of carbonyl (C=O) groups excluding carboxylic acids is 1. The lowest BCUT2D eigenvalue weighted by Gasteiger charge is -2.21. The first-order valence-corrected chi connectivity index (χ1v) is 10.1. The van der Waals surface area contributed by atoms with Crippen LogP contribution in [0.5, 0.6) is 0 Å². The smallest absolute Gasteiger partial charge is 0.250 e. The van der Waals surface area contributed by atoms with Crippen LogP contribution in [0.3, 0.4) is 0 Å². The maximum Gasteiger partial charge on any atom is 0.250 e. The average Bonchev–Trinajstić information content (AvgIpc) is 3.03. The quantitative estimate of drug-likeness (QED) is 0.795. The first-order valence-electron chi connectivity index (χ1n) is 7.33. The number of aryl methyl sites for hydroxylation is 1. The SMILES string of the molecule is Cc1ccc(NC(=O)C(NS(=O)(=O)c2cccs2)C(C)C)cc1Cl. The van der Waals surface area contributed by atoms with Gasteiger partial charge in [-0.15, -0.1) is 11.3 Å². The molecule has 0 aliphatic carbocycles. The average molecular weight is 387 g/mol. The van der Waals surface area contributed by atoms with Gasteiger partial charge in [0.25, 0.3) is 10.0 Å². The van der Waals surface area contributed by atoms with Crippen LogP contribution in [0.25, 0.3) is 0 Å². The largest absolute Gasteiger partial charge is 0.325 e. The summed E-state index contributed by atoms with van der Waals surface area (Å²) in [6, 6.07) is 7.42. The van der Waals surface area contributed by atoms with Gasteiger partial charge in [-0.2, -0.15) is 4.72 Å². The van der Waals surface area contributed by atoms with E-state index in [1.54, 1.807) is 43.5 Å². The molecule has 1 aromatic heterocycles. The van der Waals surface area contributed by atoms with Gasteiger partial charge >= 0.3 is 0 Å². The molecule has 24 heavy (non-hydrogen) atoms. The van der Waals surface area contributed by atoms with Crippen molar-refractivity contribution in [3.63, 3.8) is 0 Å². The fourth-order valence-corrected chi connectivity index (χ4v) is 4.56. The number of anilines is 1. The van der Waals surface area contributed by atoms with Gasteiger partial charge in [-0.05, 0) is 42.0 Å². The van der Waals surface area contributed by atoms with Gasteiger partial charge in [-0.25, -0.2) is 8.42 Å². The molecule has 130 valence electrons. The highest BCUT2D eigenvalue weighted by molar-refractivity contribution is 7.91. The van der Waals surface area contributed by atoms with Crippen molar-refractivity contribution >= 4 is 44.6 Å². The molecule has 1 aromatic carbocycles. The summed E-state index contributed by atoms with van der Waals surface area (Å²) in [5.41, 5.74) is 1.42. The second-order valence-corrected chi connectivity index (χ2v) is 9.02. The predicted octanol–water partition coefficient (Wildman–Crippen LogP) is 3.65. The predicted molar refractivity (Wildman–Crippen MR) is 98.1 cm³/mol. The molecule has 0 bridgehead atoms. The summed E-state index contributed by atoms with van der Waals surface area (Å²) in [6.07, 6.45) is 0. The second-order valence-electron chi connectivity index (χ2n) is 5.73. The van der Waals surface area contributed by atoms with Crippen LogP contribution in [0.15, 0.2) is 39.9 Å². The Morgan fingerprint density at radius 3 is 2.50 bits per heavy atom. The van der Waals surface area contributed by atoms with Crippen LogP contribution in [0.1, 0.15) is 19.4 Å². The number of rotatable bonds is 6. The van der Waals surface area contributed by atoms with E-state index in [4.69, 9.17) is 11.6 Å². The lowest BCUT2D eigenvalue weighted by molar-refractivity contribution is -0.118. The molecule has 2 N–H and O–H groups in total. The van der Waals surface area contributed by atoms with Crippen LogP contribution in [0.4, 0.5) is 5.69 Å². The van der Waals surface area contributed by atoms with Gasteiger partial charge in [0.1, 0.15) is 10.3 Å². The summed E-state index contributed by atoms with van der Waals surface area (Å²) in [5.74, 6) is -0.647. The molecule has 0 aliphatic rings. The monoisotopic (exact) mass is 386 g/mol. The van der Waals surface area contributed by atoms with Crippen molar-refractivity contribution in [3.05, 3.63) is 46.3 Å². The second kappa shape index (κ2) is 7.65. The molecule has 0 saturated heterocycles. The molecule has 0 radical (unpaired) electrons. The Labute approximate surface area is 151 Å². The van der Waals surface area contributed by atoms with Crippen LogP contribution in [0.2, 0.25) is 5.02 Å². The number of hydrogen-bond donors (Lipinski definition) is 2. The molecule has 0 saturated carbocycles. The van der Waals surface area contributed by atoms with Crippen molar-refractivity contribution in [1.29, 1.82) is 0 Å². The summed E-state index contributed by atoms with van der Waals surface area (Å²) in [7, 11) is -3.73. The van der Waals surface area contributed by atoms with Gasteiger partial charge in [0.2, 0.25) is 5.91 Å². The zero-order valence-corrected chi connectivity index (χ0v) is 15.9. The molecular formula is C16H19ClN2O3S2. The summed E-state index contributed by atoms with van der Waals surface area (Å²) < 4.78 is 27.4. The van der Waals surface area contributed by atoms with E-state index in [9.17, 15) is 13.2 Å². The van der Waals surface area contributed by atoms with E-state index in [1.807, 2.05) is 6.92 Å². The lowest BCUT2D eigenvalue weighted by atomic mass is 10.0. The molecule has 0 aliphatic heterocycles. The number of nitrogens with one attached hydrogen (secondary N) is 2. The highest BCUT2D eigenvalue weighted by Gasteiger charge is 2.29. The van der Waals surface area contributed by atoms with Crippen molar-refractivity contribution in [3.8, 4) is 0 Å². The molecule has 2 rings (SSSR count). The standard InChI is InChI=1S/C16H19ClN2O3S2/c1-10(2)15(19-24(21,22)14-5-4-8-23-14)16(20)18-12-7-6-11(3)13(17)9-12/h4-10,15,19H,1-3H3,(H,18,20). The summed E-state index contributed by atoms with van der Waals surface area (Å²) >= 11 is 7.16. The van der Waals surface area contributed by atoms with Gasteiger partial charge in [-0.3, -0.25) is 4.79 Å². The Balaban J connectivity index is 2.18. The molecule has 1 heterocycles. The Morgan fingerprint density at radius 2 is 1.96 bits per heavy atom. The van der Waals surface area contributed by atoms with Crippen LogP contribution < -0.4 is 10.0 Å². The number of hydrogen-bond acceptors (Lipinski definition) is 4. The van der Waals surface area contributed by atoms with Crippen LogP contribution in [0, 0.1) is 12.8 Å². The van der Waals surface area contributed by atoms with Crippen molar-refractivity contribution in [2.75, 3.05) is 5.32 Å². The number of amides is 1. The maximum absolute atomic E-state index is 12.5. The number of carbonyl (C=O) groups is 1. The minimum absolute atomic E-state index is 0.180. The first-order chi connectivity index (χ1) is 11.2. The summed E-state index contributed by atoms with van der Waals surface area (Å²) in [5, 5.41) is 4.92. The van der Waals surface area contributed by atoms with E-state index in [1.165, 1.54) is 6.07 Å². The highest BCUT2D eigenvalue weighted by atomic mass is 35.5. The Hall–Kier alpha value is -1.41. The van der Waals surface area contributed by atoms with Crippen LogP contribution >= 0.6 is 22.9 Å². The minimum Gasteiger partial charge on any atom is -0.325 e. The van der Waals surface area contributed by atoms with E-state index in [0.29, 0.717) is 10.7 Å². The fourth-order valence-electron chi connectivity index (χ4n) is 2.02. The van der Waals surface area contributed by atoms with Crippen molar-refractivity contribution < 1.29 is 13.2 Å². The third-order valence-electron chi connectivity index (χ3n) is 3.43. The van der Waals surface area contributed by atoms with E-state index in [2.05, 4.69) is 10.0 Å². The van der Waals surface area contributed by atoms with Crippen molar-refractivity contribution in [2.45, 2.75) is 31.0 Å². The van der Waals surface area contributed by atoms with E-state index in [0.717, 1.165) is 16.9 Å². The third-order valence-corrected chi connectivity index (χ3v) is 6.68. The molecular weight excluding hydrogens is 368 g/mol. The maximum atomic E-state index is 12.5. The molecule has 2 aromatic rings. The van der Waals surface area contributed by atoms with Gasteiger partial charge in [0, 0.05) is 10.7 Å². The molecule has 5 nitrogen and oxygen atoms in total. The first kappa shape index (κ1) is 18.9. The minimum atomic E-state index is -3.73. The van der Waals surface area contributed by atoms with Crippen molar-refractivity contribution in [2.24, 2.45) is 5.92 Å². The van der Waals surface area contributed by atoms with Gasteiger partial charge in [-0.1, -0.05) is 37.6 Å². The van der Waals surface area contributed by atoms with Crippen LogP contribution in [-0.4, -0.2) is 20.4 Å². The summed E-state index contributed by atoms with van der Waals surface area (Å²) in [6.45, 7) is 5.42. The number of halogens is 1. The Kier molecular flexibility index (Phi) is 6.03. The number of sulfonamides is 1. The normalized spacial score (nSPS) is 13.0. The van der Waals surface area contributed by atoms with E-state index in [-0.39, 0.29) is 10.1 Å². The van der Waals surface area contributed by atoms with Crippen molar-refractivity contribution in [1.82, 2.24) is 4.72 Å². The number of thiophene rings is 1. The molecule has 1 unspecified atom stereocenters. The molecule has 8 heteroatoms. The molecule has 0 fully saturated rings. The lowest BCUT2D eigenvalue weighted by Crippen LogP contribution is -2.46. The Morgan fingerprint density at radius 1 is 1.25 bits per heavy atom. The summed E-state index contributed by atoms with van der Waals surface area (Å²) in [4.78, 5) is 12.5. The Bertz CT molecular complexity index is 818. The van der Waals surface area contributed by atoms with E-state index >= 15 is 0 Å².